The number of halogens is 4. The molecule has 0 fully saturated rings. The topological polar surface area (TPSA) is 151 Å². The lowest BCUT2D eigenvalue weighted by Crippen LogP contribution is -2.53. The molecule has 3 amide bonds. The maximum absolute atomic E-state index is 13.7. The van der Waals surface area contributed by atoms with Crippen LogP contribution in [0.3, 0.4) is 0 Å². The summed E-state index contributed by atoms with van der Waals surface area (Å²) in [6.45, 7) is 3.62. The first-order chi connectivity index (χ1) is 18.2. The Labute approximate surface area is 219 Å². The highest BCUT2D eigenvalue weighted by Gasteiger charge is 2.29. The largest absolute Gasteiger partial charge is 0.481 e. The van der Waals surface area contributed by atoms with Crippen LogP contribution < -0.4 is 20.7 Å². The number of nitrogens with one attached hydrogen (secondary N) is 3. The summed E-state index contributed by atoms with van der Waals surface area (Å²) in [5, 5.41) is 15.5. The second-order valence-corrected chi connectivity index (χ2v) is 8.52. The first-order valence-electron chi connectivity index (χ1n) is 11.4. The maximum Gasteiger partial charge on any atom is 0.309 e. The van der Waals surface area contributed by atoms with Crippen molar-refractivity contribution in [3.63, 3.8) is 0 Å². The summed E-state index contributed by atoms with van der Waals surface area (Å²) < 4.78 is 58.6. The molecule has 210 valence electrons. The van der Waals surface area contributed by atoms with Crippen molar-refractivity contribution >= 4 is 29.5 Å². The third kappa shape index (κ3) is 8.51. The number of ether oxygens (including phenoxy) is 1. The molecular weight excluding hydrogens is 530 g/mol. The lowest BCUT2D eigenvalue weighted by molar-refractivity contribution is -0.142. The van der Waals surface area contributed by atoms with Gasteiger partial charge in [0.05, 0.1) is 6.42 Å². The Hall–Kier alpha value is -4.49. The fourth-order valence-corrected chi connectivity index (χ4v) is 3.27. The number of amides is 3. The molecule has 0 saturated heterocycles. The molecule has 0 saturated carbocycles. The van der Waals surface area contributed by atoms with Crippen LogP contribution in [0.25, 0.3) is 0 Å². The molecule has 4 N–H and O–H groups in total. The number of carboxylic acids is 1. The summed E-state index contributed by atoms with van der Waals surface area (Å²) in [7, 11) is 0. The lowest BCUT2D eigenvalue weighted by atomic mass is 10.1. The highest BCUT2D eigenvalue weighted by molar-refractivity contribution is 6.35. The number of rotatable bonds is 11. The van der Waals surface area contributed by atoms with Crippen molar-refractivity contribution in [2.75, 3.05) is 6.61 Å². The van der Waals surface area contributed by atoms with Gasteiger partial charge in [-0.15, -0.1) is 0 Å². The molecule has 14 heteroatoms. The second kappa shape index (κ2) is 13.3. The zero-order valence-electron chi connectivity index (χ0n) is 21.0. The average molecular weight is 555 g/mol. The third-order valence-electron chi connectivity index (χ3n) is 5.40. The predicted octanol–water partition coefficient (Wildman–Crippen LogP) is 1.59. The average Bonchev–Trinajstić information content (AvgIpc) is 2.85. The fourth-order valence-electron chi connectivity index (χ4n) is 3.27. The number of aryl methyl sites for hydroxylation is 2. The zero-order chi connectivity index (χ0) is 29.4. The van der Waals surface area contributed by atoms with E-state index in [0.717, 1.165) is 23.6 Å². The Bertz CT molecular complexity index is 1280. The monoisotopic (exact) mass is 555 g/mol. The molecule has 2 rings (SSSR count). The van der Waals surface area contributed by atoms with Crippen molar-refractivity contribution in [1.82, 2.24) is 16.0 Å². The molecular formula is C25H25F4N3O7. The van der Waals surface area contributed by atoms with Crippen molar-refractivity contribution in [2.24, 2.45) is 0 Å². The number of Topliss-reactive ketones (excluding diaryl/α,β-unsaturated/α-hetero) is 1. The van der Waals surface area contributed by atoms with E-state index in [1.165, 1.54) is 0 Å². The summed E-state index contributed by atoms with van der Waals surface area (Å²) >= 11 is 0. The Kier molecular flexibility index (Phi) is 10.5. The van der Waals surface area contributed by atoms with Crippen molar-refractivity contribution < 1.29 is 51.4 Å². The van der Waals surface area contributed by atoms with Gasteiger partial charge in [0.15, 0.2) is 23.2 Å². The van der Waals surface area contributed by atoms with E-state index < -0.39 is 83.6 Å². The zero-order valence-corrected chi connectivity index (χ0v) is 21.0. The quantitative estimate of drug-likeness (QED) is 0.187. The molecule has 2 atom stereocenters. The molecule has 0 bridgehead atoms. The summed E-state index contributed by atoms with van der Waals surface area (Å²) in [4.78, 5) is 60.3. The van der Waals surface area contributed by atoms with Gasteiger partial charge in [-0.05, 0) is 31.9 Å². The van der Waals surface area contributed by atoms with Gasteiger partial charge in [-0.25, -0.2) is 8.78 Å². The van der Waals surface area contributed by atoms with Crippen LogP contribution in [0, 0.1) is 37.1 Å². The molecule has 0 aliphatic rings. The minimum absolute atomic E-state index is 0.0323. The molecule has 0 aliphatic carbocycles. The lowest BCUT2D eigenvalue weighted by Gasteiger charge is -2.20. The van der Waals surface area contributed by atoms with Gasteiger partial charge >= 0.3 is 17.8 Å². The third-order valence-corrected chi connectivity index (χ3v) is 5.40. The van der Waals surface area contributed by atoms with E-state index >= 15 is 0 Å². The number of ketones is 1. The van der Waals surface area contributed by atoms with E-state index in [9.17, 15) is 41.5 Å². The van der Waals surface area contributed by atoms with E-state index in [4.69, 9.17) is 5.11 Å². The Balaban J connectivity index is 1.98. The van der Waals surface area contributed by atoms with Gasteiger partial charge < -0.3 is 25.8 Å². The van der Waals surface area contributed by atoms with Gasteiger partial charge in [0.2, 0.25) is 17.5 Å². The minimum atomic E-state index is -1.92. The SMILES string of the molecule is Cc1ccc(CNC(=O)C(=O)N[C@@H](C)C(=O)N[C@@H](CC(=O)O)C(=O)COc2c(F)c(F)cc(F)c2F)c(C)c1. The van der Waals surface area contributed by atoms with Crippen molar-refractivity contribution in [1.29, 1.82) is 0 Å². The summed E-state index contributed by atoms with van der Waals surface area (Å²) in [6, 6.07) is 2.16. The van der Waals surface area contributed by atoms with E-state index in [1.54, 1.807) is 6.07 Å². The second-order valence-electron chi connectivity index (χ2n) is 8.52. The van der Waals surface area contributed by atoms with Gasteiger partial charge in [-0.1, -0.05) is 23.8 Å². The van der Waals surface area contributed by atoms with Crippen LogP contribution in [-0.4, -0.2) is 53.3 Å². The van der Waals surface area contributed by atoms with Gasteiger partial charge in [0.1, 0.15) is 18.7 Å². The Morgan fingerprint density at radius 3 is 2.10 bits per heavy atom. The van der Waals surface area contributed by atoms with Gasteiger partial charge in [0, 0.05) is 12.6 Å². The molecule has 2 aromatic rings. The number of carbonyl (C=O) groups is 5. The van der Waals surface area contributed by atoms with E-state index in [1.807, 2.05) is 31.3 Å². The summed E-state index contributed by atoms with van der Waals surface area (Å²) in [5.74, 6) is -15.1. The first kappa shape index (κ1) is 30.7. The number of hydrogen-bond donors (Lipinski definition) is 4. The number of carboxylic acid groups (broad SMARTS) is 1. The van der Waals surface area contributed by atoms with Gasteiger partial charge in [0.25, 0.3) is 0 Å². The number of carbonyl (C=O) groups excluding carboxylic acids is 4. The van der Waals surface area contributed by atoms with Crippen LogP contribution in [0.4, 0.5) is 17.6 Å². The molecule has 0 aliphatic heterocycles. The van der Waals surface area contributed by atoms with Crippen LogP contribution in [0.2, 0.25) is 0 Å². The summed E-state index contributed by atoms with van der Waals surface area (Å²) in [5.41, 5.74) is 2.65. The van der Waals surface area contributed by atoms with Crippen LogP contribution in [0.15, 0.2) is 24.3 Å². The summed E-state index contributed by atoms with van der Waals surface area (Å²) in [6.07, 6.45) is -1.01. The van der Waals surface area contributed by atoms with E-state index in [2.05, 4.69) is 15.4 Å². The van der Waals surface area contributed by atoms with Crippen molar-refractivity contribution in [3.05, 3.63) is 64.2 Å². The maximum atomic E-state index is 13.7. The van der Waals surface area contributed by atoms with Crippen molar-refractivity contribution in [3.8, 4) is 5.75 Å². The van der Waals surface area contributed by atoms with Gasteiger partial charge in [-0.3, -0.25) is 24.0 Å². The van der Waals surface area contributed by atoms with Crippen LogP contribution in [0.5, 0.6) is 5.75 Å². The number of benzene rings is 2. The fraction of sp³-hybridized carbons (Fsp3) is 0.320. The smallest absolute Gasteiger partial charge is 0.309 e. The van der Waals surface area contributed by atoms with Crippen molar-refractivity contribution in [2.45, 2.75) is 45.8 Å². The number of hydrogen-bond acceptors (Lipinski definition) is 6. The molecule has 0 radical (unpaired) electrons. The normalized spacial score (nSPS) is 12.2. The highest BCUT2D eigenvalue weighted by atomic mass is 19.2. The van der Waals surface area contributed by atoms with Crippen LogP contribution in [-0.2, 0) is 30.5 Å². The molecule has 0 spiro atoms. The Morgan fingerprint density at radius 1 is 0.923 bits per heavy atom. The van der Waals surface area contributed by atoms with E-state index in [-0.39, 0.29) is 12.6 Å². The molecule has 10 nitrogen and oxygen atoms in total. The predicted molar refractivity (Wildman–Crippen MR) is 126 cm³/mol. The molecule has 0 aromatic heterocycles. The first-order valence-corrected chi connectivity index (χ1v) is 11.4. The highest BCUT2D eigenvalue weighted by Crippen LogP contribution is 2.26. The standard InChI is InChI=1S/C25H25F4N3O7/c1-11-4-5-14(12(2)6-11)9-30-24(37)25(38)31-13(3)23(36)32-17(8-19(34)35)18(33)10-39-22-20(28)15(26)7-16(27)21(22)29/h4-7,13,17H,8-10H2,1-3H3,(H,30,37)(H,31,38)(H,32,36)(H,34,35)/t13-,17-/m0/s1. The van der Waals surface area contributed by atoms with Crippen LogP contribution >= 0.6 is 0 Å². The molecule has 2 aromatic carbocycles. The number of aliphatic carboxylic acids is 1. The molecule has 0 heterocycles. The minimum Gasteiger partial charge on any atom is -0.481 e. The van der Waals surface area contributed by atoms with Gasteiger partial charge in [-0.2, -0.15) is 8.78 Å². The van der Waals surface area contributed by atoms with Crippen LogP contribution in [0.1, 0.15) is 30.0 Å². The van der Waals surface area contributed by atoms with E-state index in [0.29, 0.717) is 0 Å². The molecule has 39 heavy (non-hydrogen) atoms. The molecule has 0 unspecified atom stereocenters. The Morgan fingerprint density at radius 2 is 1.54 bits per heavy atom.